The third-order valence-corrected chi connectivity index (χ3v) is 6.14. The van der Waals surface area contributed by atoms with Crippen molar-refractivity contribution in [1.82, 2.24) is 23.9 Å². The molecule has 1 atom stereocenters. The lowest BCUT2D eigenvalue weighted by Crippen LogP contribution is -2.19. The molecule has 6 heteroatoms. The molecule has 0 amide bonds. The predicted octanol–water partition coefficient (Wildman–Crippen LogP) is 4.51. The molecule has 3 aromatic heterocycles. The van der Waals surface area contributed by atoms with E-state index in [-0.39, 0.29) is 11.6 Å². The summed E-state index contributed by atoms with van der Waals surface area (Å²) in [5.41, 5.74) is 6.88. The summed E-state index contributed by atoms with van der Waals surface area (Å²) in [4.78, 5) is 17.3. The number of pyridine rings is 1. The van der Waals surface area contributed by atoms with Crippen LogP contribution in [0.25, 0.3) is 33.3 Å². The summed E-state index contributed by atoms with van der Waals surface area (Å²) in [6.07, 6.45) is 1.87. The molecule has 0 aliphatic rings. The summed E-state index contributed by atoms with van der Waals surface area (Å²) in [6, 6.07) is 16.7. The van der Waals surface area contributed by atoms with Crippen molar-refractivity contribution in [2.45, 2.75) is 26.8 Å². The Morgan fingerprint density at radius 1 is 0.968 bits per heavy atom. The first-order valence-corrected chi connectivity index (χ1v) is 10.4. The van der Waals surface area contributed by atoms with E-state index in [2.05, 4.69) is 53.0 Å². The maximum atomic E-state index is 12.3. The van der Waals surface area contributed by atoms with Crippen LogP contribution in [-0.2, 0) is 14.1 Å². The SMILES string of the molecule is Cc1cc(-c2nc3cc4c(C)nn(C)c4cc3n2[C@@H](C)c2ccccc2)cn(C)c1=O. The molecule has 31 heavy (non-hydrogen) atoms. The average Bonchev–Trinajstić information content (AvgIpc) is 3.27. The molecule has 6 nitrogen and oxygen atoms in total. The second kappa shape index (κ2) is 6.94. The molecule has 0 saturated heterocycles. The summed E-state index contributed by atoms with van der Waals surface area (Å²) in [6.45, 7) is 6.06. The van der Waals surface area contributed by atoms with Crippen molar-refractivity contribution in [2.75, 3.05) is 0 Å². The summed E-state index contributed by atoms with van der Waals surface area (Å²) >= 11 is 0. The van der Waals surface area contributed by atoms with Gasteiger partial charge in [0.2, 0.25) is 0 Å². The van der Waals surface area contributed by atoms with Gasteiger partial charge < -0.3 is 9.13 Å². The van der Waals surface area contributed by atoms with Crippen molar-refractivity contribution >= 4 is 21.9 Å². The Balaban J connectivity index is 1.87. The van der Waals surface area contributed by atoms with E-state index in [0.717, 1.165) is 39.0 Å². The quantitative estimate of drug-likeness (QED) is 0.439. The van der Waals surface area contributed by atoms with Crippen LogP contribution in [-0.4, -0.2) is 23.9 Å². The van der Waals surface area contributed by atoms with Crippen LogP contribution < -0.4 is 5.56 Å². The molecule has 0 unspecified atom stereocenters. The number of hydrogen-bond donors (Lipinski definition) is 0. The van der Waals surface area contributed by atoms with Gasteiger partial charge in [-0.3, -0.25) is 9.48 Å². The molecule has 0 aliphatic carbocycles. The van der Waals surface area contributed by atoms with Crippen LogP contribution in [0.4, 0.5) is 0 Å². The first-order chi connectivity index (χ1) is 14.8. The van der Waals surface area contributed by atoms with Crippen molar-refractivity contribution < 1.29 is 0 Å². The van der Waals surface area contributed by atoms with Gasteiger partial charge in [-0.05, 0) is 44.5 Å². The van der Waals surface area contributed by atoms with Gasteiger partial charge in [-0.25, -0.2) is 4.98 Å². The zero-order valence-corrected chi connectivity index (χ0v) is 18.4. The molecule has 0 fully saturated rings. The second-order valence-corrected chi connectivity index (χ2v) is 8.29. The molecule has 0 radical (unpaired) electrons. The Morgan fingerprint density at radius 2 is 1.71 bits per heavy atom. The van der Waals surface area contributed by atoms with E-state index in [9.17, 15) is 4.79 Å². The number of fused-ring (bicyclic) bond motifs is 2. The Labute approximate surface area is 180 Å². The van der Waals surface area contributed by atoms with E-state index in [0.29, 0.717) is 5.56 Å². The molecule has 0 spiro atoms. The smallest absolute Gasteiger partial charge is 0.253 e. The van der Waals surface area contributed by atoms with Crippen LogP contribution >= 0.6 is 0 Å². The lowest BCUT2D eigenvalue weighted by atomic mass is 10.1. The Bertz CT molecular complexity index is 1480. The zero-order chi connectivity index (χ0) is 21.9. The highest BCUT2D eigenvalue weighted by atomic mass is 16.1. The lowest BCUT2D eigenvalue weighted by molar-refractivity contribution is 0.664. The van der Waals surface area contributed by atoms with Gasteiger partial charge >= 0.3 is 0 Å². The van der Waals surface area contributed by atoms with E-state index in [1.807, 2.05) is 43.9 Å². The molecular weight excluding hydrogens is 386 g/mol. The molecule has 156 valence electrons. The standard InChI is InChI=1S/C25H25N5O/c1-15-11-19(14-28(4)25(15)31)24-26-21-12-20-16(2)27-29(5)22(20)13-23(21)30(24)17(3)18-9-7-6-8-10-18/h6-14,17H,1-5H3/t17-/m0/s1. The molecule has 0 saturated carbocycles. The highest BCUT2D eigenvalue weighted by Gasteiger charge is 2.21. The number of hydrogen-bond acceptors (Lipinski definition) is 3. The van der Waals surface area contributed by atoms with E-state index in [1.54, 1.807) is 11.6 Å². The van der Waals surface area contributed by atoms with E-state index < -0.39 is 0 Å². The molecular formula is C25H25N5O. The largest absolute Gasteiger partial charge is 0.318 e. The van der Waals surface area contributed by atoms with Crippen molar-refractivity contribution in [1.29, 1.82) is 0 Å². The van der Waals surface area contributed by atoms with Gasteiger partial charge in [0.15, 0.2) is 0 Å². The molecule has 3 heterocycles. The normalized spacial score (nSPS) is 12.7. The fourth-order valence-corrected chi connectivity index (χ4v) is 4.50. The van der Waals surface area contributed by atoms with Crippen molar-refractivity contribution in [3.8, 4) is 11.4 Å². The summed E-state index contributed by atoms with van der Waals surface area (Å²) < 4.78 is 5.82. The highest BCUT2D eigenvalue weighted by Crippen LogP contribution is 2.34. The van der Waals surface area contributed by atoms with Gasteiger partial charge in [0.1, 0.15) is 5.82 Å². The molecule has 0 aliphatic heterocycles. The number of nitrogens with zero attached hydrogens (tertiary/aromatic N) is 5. The highest BCUT2D eigenvalue weighted by molar-refractivity contribution is 5.96. The minimum absolute atomic E-state index is 0.00922. The van der Waals surface area contributed by atoms with Crippen LogP contribution in [0, 0.1) is 13.8 Å². The van der Waals surface area contributed by atoms with Gasteiger partial charge in [0, 0.05) is 36.8 Å². The number of rotatable bonds is 3. The van der Waals surface area contributed by atoms with E-state index in [1.165, 1.54) is 5.56 Å². The maximum absolute atomic E-state index is 12.3. The van der Waals surface area contributed by atoms with Crippen LogP contribution in [0.2, 0.25) is 0 Å². The molecule has 2 aromatic carbocycles. The number of aromatic nitrogens is 5. The number of aryl methyl sites for hydroxylation is 4. The zero-order valence-electron chi connectivity index (χ0n) is 18.4. The Morgan fingerprint density at radius 3 is 2.42 bits per heavy atom. The van der Waals surface area contributed by atoms with Crippen molar-refractivity contribution in [3.05, 3.63) is 81.9 Å². The van der Waals surface area contributed by atoms with Gasteiger partial charge in [0.25, 0.3) is 5.56 Å². The fraction of sp³-hybridized carbons (Fsp3) is 0.240. The number of imidazole rings is 1. The monoisotopic (exact) mass is 411 g/mol. The second-order valence-electron chi connectivity index (χ2n) is 8.29. The number of benzene rings is 2. The summed E-state index contributed by atoms with van der Waals surface area (Å²) in [7, 11) is 3.76. The van der Waals surface area contributed by atoms with Crippen molar-refractivity contribution in [3.63, 3.8) is 0 Å². The van der Waals surface area contributed by atoms with Crippen LogP contribution in [0.3, 0.4) is 0 Å². The minimum Gasteiger partial charge on any atom is -0.318 e. The first kappa shape index (κ1) is 19.3. The average molecular weight is 412 g/mol. The predicted molar refractivity (Wildman–Crippen MR) is 124 cm³/mol. The first-order valence-electron chi connectivity index (χ1n) is 10.4. The summed E-state index contributed by atoms with van der Waals surface area (Å²) in [5.74, 6) is 0.853. The fourth-order valence-electron chi connectivity index (χ4n) is 4.50. The van der Waals surface area contributed by atoms with Gasteiger partial charge in [-0.15, -0.1) is 0 Å². The van der Waals surface area contributed by atoms with Crippen LogP contribution in [0.1, 0.15) is 29.8 Å². The van der Waals surface area contributed by atoms with Crippen molar-refractivity contribution in [2.24, 2.45) is 14.1 Å². The lowest BCUT2D eigenvalue weighted by Gasteiger charge is -2.19. The Kier molecular flexibility index (Phi) is 4.32. The molecule has 0 bridgehead atoms. The molecule has 5 rings (SSSR count). The van der Waals surface area contributed by atoms with Gasteiger partial charge in [-0.1, -0.05) is 30.3 Å². The van der Waals surface area contributed by atoms with Crippen LogP contribution in [0.5, 0.6) is 0 Å². The van der Waals surface area contributed by atoms with E-state index >= 15 is 0 Å². The van der Waals surface area contributed by atoms with Crippen LogP contribution in [0.15, 0.2) is 59.5 Å². The third kappa shape index (κ3) is 2.98. The maximum Gasteiger partial charge on any atom is 0.253 e. The molecule has 0 N–H and O–H groups in total. The van der Waals surface area contributed by atoms with Gasteiger partial charge in [-0.2, -0.15) is 5.10 Å². The summed E-state index contributed by atoms with van der Waals surface area (Å²) in [5, 5.41) is 5.69. The minimum atomic E-state index is 0.00922. The molecule has 5 aromatic rings. The van der Waals surface area contributed by atoms with Gasteiger partial charge in [0.05, 0.1) is 28.3 Å². The Hall–Kier alpha value is -3.67. The topological polar surface area (TPSA) is 57.6 Å². The van der Waals surface area contributed by atoms with E-state index in [4.69, 9.17) is 4.98 Å². The third-order valence-electron chi connectivity index (χ3n) is 6.14.